The van der Waals surface area contributed by atoms with Gasteiger partial charge in [-0.1, -0.05) is 0 Å². The zero-order chi connectivity index (χ0) is 9.14. The number of amides is 1. The molecule has 4 nitrogen and oxygen atoms in total. The van der Waals surface area contributed by atoms with Gasteiger partial charge in [-0.25, -0.2) is 0 Å². The molecule has 0 saturated carbocycles. The first-order valence-corrected chi connectivity index (χ1v) is 4.36. The van der Waals surface area contributed by atoms with Gasteiger partial charge in [0.25, 0.3) is 0 Å². The van der Waals surface area contributed by atoms with Gasteiger partial charge in [0, 0.05) is 26.2 Å². The maximum absolute atomic E-state index is 11.4. The number of nitrogens with one attached hydrogen (secondary N) is 1. The molecule has 0 aromatic rings. The van der Waals surface area contributed by atoms with Crippen LogP contribution in [0.15, 0.2) is 0 Å². The Morgan fingerprint density at radius 1 is 1.83 bits per heavy atom. The van der Waals surface area contributed by atoms with Crippen LogP contribution in [-0.4, -0.2) is 43.0 Å². The number of likely N-dealkylation sites (tertiary alicyclic amines) is 1. The molecule has 2 unspecified atom stereocenters. The van der Waals surface area contributed by atoms with Crippen molar-refractivity contribution in [1.82, 2.24) is 10.2 Å². The second kappa shape index (κ2) is 3.87. The monoisotopic (exact) mass is 171 g/mol. The number of carbonyl (C=O) groups is 1. The molecule has 0 aromatic carbocycles. The molecule has 1 aliphatic rings. The summed E-state index contributed by atoms with van der Waals surface area (Å²) in [6, 6.07) is 0.221. The van der Waals surface area contributed by atoms with Gasteiger partial charge in [-0.15, -0.1) is 0 Å². The number of nitrogens with two attached hydrogens (primary N) is 1. The largest absolute Gasteiger partial charge is 0.344 e. The molecule has 0 aliphatic carbocycles. The van der Waals surface area contributed by atoms with Crippen LogP contribution >= 0.6 is 0 Å². The van der Waals surface area contributed by atoms with Crippen LogP contribution in [0.2, 0.25) is 0 Å². The van der Waals surface area contributed by atoms with E-state index in [9.17, 15) is 4.79 Å². The highest BCUT2D eigenvalue weighted by Crippen LogP contribution is 2.08. The van der Waals surface area contributed by atoms with Gasteiger partial charge in [0.15, 0.2) is 0 Å². The third-order valence-electron chi connectivity index (χ3n) is 2.27. The highest BCUT2D eigenvalue weighted by molar-refractivity contribution is 5.83. The van der Waals surface area contributed by atoms with Crippen molar-refractivity contribution in [1.29, 1.82) is 0 Å². The summed E-state index contributed by atoms with van der Waals surface area (Å²) in [4.78, 5) is 13.1. The number of likely N-dealkylation sites (N-methyl/N-ethyl adjacent to an activating group) is 1. The fourth-order valence-electron chi connectivity index (χ4n) is 1.39. The van der Waals surface area contributed by atoms with Crippen LogP contribution in [0.25, 0.3) is 0 Å². The molecule has 0 radical (unpaired) electrons. The molecular weight excluding hydrogens is 154 g/mol. The van der Waals surface area contributed by atoms with E-state index in [2.05, 4.69) is 5.32 Å². The molecule has 12 heavy (non-hydrogen) atoms. The zero-order valence-electron chi connectivity index (χ0n) is 7.71. The van der Waals surface area contributed by atoms with E-state index >= 15 is 0 Å². The topological polar surface area (TPSA) is 58.4 Å². The number of hydrogen-bond donors (Lipinski definition) is 2. The van der Waals surface area contributed by atoms with Crippen LogP contribution in [0, 0.1) is 0 Å². The lowest BCUT2D eigenvalue weighted by Crippen LogP contribution is -2.44. The van der Waals surface area contributed by atoms with Crippen molar-refractivity contribution in [3.63, 3.8) is 0 Å². The molecule has 3 N–H and O–H groups in total. The van der Waals surface area contributed by atoms with Gasteiger partial charge in [0.05, 0.1) is 6.04 Å². The summed E-state index contributed by atoms with van der Waals surface area (Å²) in [5, 5.41) is 3.19. The van der Waals surface area contributed by atoms with E-state index in [-0.39, 0.29) is 18.0 Å². The molecule has 2 atom stereocenters. The Morgan fingerprint density at radius 3 is 2.92 bits per heavy atom. The van der Waals surface area contributed by atoms with Crippen molar-refractivity contribution >= 4 is 5.91 Å². The van der Waals surface area contributed by atoms with Gasteiger partial charge in [-0.3, -0.25) is 4.79 Å². The number of carbonyl (C=O) groups excluding carboxylic acids is 1. The minimum atomic E-state index is -0.00597. The highest BCUT2D eigenvalue weighted by atomic mass is 16.2. The summed E-state index contributed by atoms with van der Waals surface area (Å²) >= 11 is 0. The van der Waals surface area contributed by atoms with Gasteiger partial charge in [-0.2, -0.15) is 0 Å². The van der Waals surface area contributed by atoms with Gasteiger partial charge in [0.2, 0.25) is 5.91 Å². The number of hydrogen-bond acceptors (Lipinski definition) is 3. The smallest absolute Gasteiger partial charge is 0.239 e. The van der Waals surface area contributed by atoms with Crippen molar-refractivity contribution in [2.45, 2.75) is 25.4 Å². The van der Waals surface area contributed by atoms with Crippen LogP contribution in [-0.2, 0) is 4.79 Å². The van der Waals surface area contributed by atoms with Crippen LogP contribution in [0.5, 0.6) is 0 Å². The predicted octanol–water partition coefficient (Wildman–Crippen LogP) is -0.846. The highest BCUT2D eigenvalue weighted by Gasteiger charge is 2.29. The van der Waals surface area contributed by atoms with Crippen molar-refractivity contribution in [3.05, 3.63) is 0 Å². The molecule has 0 bridgehead atoms. The number of nitrogens with zero attached hydrogens (tertiary/aromatic N) is 1. The third-order valence-corrected chi connectivity index (χ3v) is 2.27. The van der Waals surface area contributed by atoms with Crippen molar-refractivity contribution in [2.75, 3.05) is 20.1 Å². The lowest BCUT2D eigenvalue weighted by molar-refractivity contribution is -0.128. The van der Waals surface area contributed by atoms with Gasteiger partial charge in [-0.05, 0) is 13.3 Å². The maximum atomic E-state index is 11.4. The van der Waals surface area contributed by atoms with Crippen LogP contribution in [0.4, 0.5) is 0 Å². The average Bonchev–Trinajstić information content (AvgIpc) is 2.36. The Kier molecular flexibility index (Phi) is 3.05. The molecule has 0 aromatic heterocycles. The average molecular weight is 171 g/mol. The Balaban J connectivity index is 2.39. The van der Waals surface area contributed by atoms with Crippen LogP contribution in [0.1, 0.15) is 13.3 Å². The first-order valence-electron chi connectivity index (χ1n) is 4.36. The van der Waals surface area contributed by atoms with E-state index in [1.54, 1.807) is 4.90 Å². The molecule has 1 heterocycles. The molecule has 1 rings (SSSR count). The normalized spacial score (nSPS) is 26.4. The van der Waals surface area contributed by atoms with Crippen molar-refractivity contribution in [3.8, 4) is 0 Å². The second-order valence-corrected chi connectivity index (χ2v) is 3.40. The van der Waals surface area contributed by atoms with Crippen LogP contribution < -0.4 is 11.1 Å². The summed E-state index contributed by atoms with van der Waals surface area (Å²) in [5.74, 6) is 0.190. The lowest BCUT2D eigenvalue weighted by Gasteiger charge is -2.16. The fourth-order valence-corrected chi connectivity index (χ4v) is 1.39. The molecule has 0 spiro atoms. The van der Waals surface area contributed by atoms with E-state index in [0.29, 0.717) is 6.54 Å². The molecule has 1 aliphatic heterocycles. The zero-order valence-corrected chi connectivity index (χ0v) is 7.71. The quantitative estimate of drug-likeness (QED) is 0.582. The Hall–Kier alpha value is -0.610. The predicted molar refractivity (Wildman–Crippen MR) is 47.7 cm³/mol. The van der Waals surface area contributed by atoms with E-state index in [4.69, 9.17) is 5.73 Å². The summed E-state index contributed by atoms with van der Waals surface area (Å²) in [5.41, 5.74) is 5.44. The molecule has 70 valence electrons. The maximum Gasteiger partial charge on any atom is 0.239 e. The van der Waals surface area contributed by atoms with Crippen molar-refractivity contribution < 1.29 is 4.79 Å². The van der Waals surface area contributed by atoms with Crippen LogP contribution in [0.3, 0.4) is 0 Å². The molecular formula is C8H17N3O. The molecule has 1 saturated heterocycles. The Bertz CT molecular complexity index is 172. The molecule has 1 amide bonds. The van der Waals surface area contributed by atoms with E-state index in [1.165, 1.54) is 0 Å². The van der Waals surface area contributed by atoms with E-state index < -0.39 is 0 Å². The van der Waals surface area contributed by atoms with Gasteiger partial charge >= 0.3 is 0 Å². The Labute approximate surface area is 73.1 Å². The van der Waals surface area contributed by atoms with Crippen molar-refractivity contribution in [2.24, 2.45) is 5.73 Å². The number of rotatable bonds is 3. The molecule has 4 heteroatoms. The summed E-state index contributed by atoms with van der Waals surface area (Å²) in [7, 11) is 1.83. The Morgan fingerprint density at radius 2 is 2.50 bits per heavy atom. The van der Waals surface area contributed by atoms with Gasteiger partial charge in [0.1, 0.15) is 0 Å². The summed E-state index contributed by atoms with van der Waals surface area (Å²) in [6.07, 6.45) is 0.902. The minimum absolute atomic E-state index is 0.00597. The standard InChI is InChI=1S/C8H17N3O/c1-6(5-9)10-7-3-4-11(2)8(7)12/h6-7,10H,3-5,9H2,1-2H3. The summed E-state index contributed by atoms with van der Waals surface area (Å²) in [6.45, 7) is 3.42. The van der Waals surface area contributed by atoms with E-state index in [1.807, 2.05) is 14.0 Å². The lowest BCUT2D eigenvalue weighted by atomic mass is 10.2. The summed E-state index contributed by atoms with van der Waals surface area (Å²) < 4.78 is 0. The van der Waals surface area contributed by atoms with Gasteiger partial charge < -0.3 is 16.0 Å². The SMILES string of the molecule is CC(CN)NC1CCN(C)C1=O. The third kappa shape index (κ3) is 1.95. The van der Waals surface area contributed by atoms with E-state index in [0.717, 1.165) is 13.0 Å². The fraction of sp³-hybridized carbons (Fsp3) is 0.875. The second-order valence-electron chi connectivity index (χ2n) is 3.40. The first-order chi connectivity index (χ1) is 5.65. The first kappa shape index (κ1) is 9.48. The minimum Gasteiger partial charge on any atom is -0.344 e. The molecule has 1 fully saturated rings.